The van der Waals surface area contributed by atoms with E-state index in [1.807, 2.05) is 46.1 Å². The fraction of sp³-hybridized carbons (Fsp3) is 0.385. The van der Waals surface area contributed by atoms with Gasteiger partial charge < -0.3 is 19.2 Å². The van der Waals surface area contributed by atoms with Crippen molar-refractivity contribution in [2.45, 2.75) is 65.2 Å². The lowest BCUT2D eigenvalue weighted by Gasteiger charge is -2.32. The zero-order chi connectivity index (χ0) is 28.8. The van der Waals surface area contributed by atoms with Crippen molar-refractivity contribution >= 4 is 24.3 Å². The molecule has 1 saturated heterocycles. The molecule has 40 heavy (non-hydrogen) atoms. The van der Waals surface area contributed by atoms with Gasteiger partial charge in [-0.3, -0.25) is 9.78 Å². The Balaban J connectivity index is 1.41. The van der Waals surface area contributed by atoms with Crippen molar-refractivity contribution in [1.29, 1.82) is 0 Å². The van der Waals surface area contributed by atoms with Crippen LogP contribution in [0.2, 0.25) is 0 Å². The number of pyridine rings is 2. The molecule has 0 bridgehead atoms. The van der Waals surface area contributed by atoms with Gasteiger partial charge in [-0.25, -0.2) is 18.4 Å². The molecule has 208 valence electrons. The number of carbonyl (C=O) groups is 1. The number of hydrogen-bond acceptors (Lipinski definition) is 8. The molecule has 0 spiro atoms. The number of halogens is 2. The molecule has 0 unspecified atom stereocenters. The molecule has 4 aromatic rings. The van der Waals surface area contributed by atoms with Crippen molar-refractivity contribution in [1.82, 2.24) is 34.5 Å². The maximum atomic E-state index is 14.0. The maximum absolute atomic E-state index is 14.0. The van der Waals surface area contributed by atoms with Crippen molar-refractivity contribution in [3.63, 3.8) is 0 Å². The lowest BCUT2D eigenvalue weighted by molar-refractivity contribution is 0.00578. The van der Waals surface area contributed by atoms with Crippen LogP contribution < -0.4 is 10.8 Å². The highest BCUT2D eigenvalue weighted by Crippen LogP contribution is 2.36. The third-order valence-corrected chi connectivity index (χ3v) is 7.08. The highest BCUT2D eigenvalue weighted by atomic mass is 19.3. The predicted octanol–water partition coefficient (Wildman–Crippen LogP) is 3.99. The van der Waals surface area contributed by atoms with E-state index in [2.05, 4.69) is 30.6 Å². The van der Waals surface area contributed by atoms with E-state index < -0.39 is 36.3 Å². The maximum Gasteiger partial charge on any atom is 0.496 e. The first kappa shape index (κ1) is 27.5. The van der Waals surface area contributed by atoms with Crippen molar-refractivity contribution < 1.29 is 22.9 Å². The average molecular weight is 550 g/mol. The number of alkyl halides is 2. The first-order valence-electron chi connectivity index (χ1n) is 12.7. The Morgan fingerprint density at radius 3 is 2.50 bits per heavy atom. The van der Waals surface area contributed by atoms with Crippen molar-refractivity contribution in [3.8, 4) is 17.2 Å². The van der Waals surface area contributed by atoms with Gasteiger partial charge in [0.15, 0.2) is 5.82 Å². The number of carbonyl (C=O) groups excluding carboxylic acids is 1. The number of aromatic nitrogens is 7. The number of amides is 1. The Bertz CT molecular complexity index is 1540. The summed E-state index contributed by atoms with van der Waals surface area (Å²) in [7, 11) is -0.704. The number of nitrogens with one attached hydrogen (secondary N) is 1. The fourth-order valence-corrected chi connectivity index (χ4v) is 4.15. The highest BCUT2D eigenvalue weighted by Gasteiger charge is 2.51. The highest BCUT2D eigenvalue weighted by molar-refractivity contribution is 6.62. The van der Waals surface area contributed by atoms with Crippen LogP contribution in [-0.2, 0) is 9.31 Å². The Morgan fingerprint density at radius 2 is 1.82 bits per heavy atom. The van der Waals surface area contributed by atoms with Crippen LogP contribution in [0.15, 0.2) is 49.2 Å². The van der Waals surface area contributed by atoms with E-state index in [0.29, 0.717) is 22.7 Å². The van der Waals surface area contributed by atoms with Crippen molar-refractivity contribution in [3.05, 3.63) is 60.4 Å². The molecule has 4 aromatic heterocycles. The minimum absolute atomic E-state index is 0.0854. The van der Waals surface area contributed by atoms with Gasteiger partial charge in [-0.15, -0.1) is 10.2 Å². The molecular formula is C26H29BF2N8O3. The number of anilines is 1. The molecular weight excluding hydrogens is 521 g/mol. The molecule has 5 heterocycles. The average Bonchev–Trinajstić information content (AvgIpc) is 3.61. The van der Waals surface area contributed by atoms with Gasteiger partial charge in [0.1, 0.15) is 23.5 Å². The van der Waals surface area contributed by atoms with Crippen LogP contribution in [-0.4, -0.2) is 58.7 Å². The fourth-order valence-electron chi connectivity index (χ4n) is 4.15. The van der Waals surface area contributed by atoms with Gasteiger partial charge >= 0.3 is 7.12 Å². The Hall–Kier alpha value is -4.04. The molecule has 11 nitrogen and oxygen atoms in total. The number of nitrogens with zero attached hydrogens (tertiary/aromatic N) is 7. The molecule has 0 aliphatic carbocycles. The summed E-state index contributed by atoms with van der Waals surface area (Å²) in [5.41, 5.74) is -0.679. The topological polar surface area (TPSA) is 122 Å². The number of rotatable bonds is 7. The zero-order valence-corrected chi connectivity index (χ0v) is 23.0. The quantitative estimate of drug-likeness (QED) is 0.343. The first-order valence-corrected chi connectivity index (χ1v) is 12.7. The Kier molecular flexibility index (Phi) is 7.00. The van der Waals surface area contributed by atoms with Gasteiger partial charge in [-0.1, -0.05) is 6.07 Å². The summed E-state index contributed by atoms with van der Waals surface area (Å²) in [5.74, 6) is -0.105. The molecule has 0 aromatic carbocycles. The normalized spacial score (nSPS) is 16.2. The van der Waals surface area contributed by atoms with Crippen molar-refractivity contribution in [2.75, 3.05) is 5.32 Å². The van der Waals surface area contributed by atoms with E-state index in [0.717, 1.165) is 0 Å². The lowest BCUT2D eigenvalue weighted by Crippen LogP contribution is -2.41. The van der Waals surface area contributed by atoms with E-state index in [-0.39, 0.29) is 17.4 Å². The van der Waals surface area contributed by atoms with Gasteiger partial charge in [-0.2, -0.15) is 5.10 Å². The first-order chi connectivity index (χ1) is 18.9. The van der Waals surface area contributed by atoms with Gasteiger partial charge in [0.05, 0.1) is 28.6 Å². The lowest BCUT2D eigenvalue weighted by atomic mass is 9.80. The van der Waals surface area contributed by atoms with E-state index in [1.165, 1.54) is 17.1 Å². The second-order valence-electron chi connectivity index (χ2n) is 10.8. The third-order valence-electron chi connectivity index (χ3n) is 7.08. The van der Waals surface area contributed by atoms with Gasteiger partial charge in [0, 0.05) is 23.9 Å². The second kappa shape index (κ2) is 10.2. The molecule has 1 N–H and O–H groups in total. The summed E-state index contributed by atoms with van der Waals surface area (Å²) in [4.78, 5) is 21.8. The molecule has 1 amide bonds. The van der Waals surface area contributed by atoms with Gasteiger partial charge in [0.25, 0.3) is 12.3 Å². The van der Waals surface area contributed by atoms with Crippen LogP contribution in [0.5, 0.6) is 0 Å². The molecule has 0 atom stereocenters. The molecule has 5 rings (SSSR count). The molecule has 0 saturated carbocycles. The largest absolute Gasteiger partial charge is 0.496 e. The summed E-state index contributed by atoms with van der Waals surface area (Å²) in [6, 6.07) is 6.72. The monoisotopic (exact) mass is 550 g/mol. The minimum atomic E-state index is -3.00. The molecule has 14 heteroatoms. The molecule has 0 radical (unpaired) electrons. The van der Waals surface area contributed by atoms with Gasteiger partial charge in [-0.05, 0) is 59.7 Å². The summed E-state index contributed by atoms with van der Waals surface area (Å²) in [6.45, 7) is 11.7. The summed E-state index contributed by atoms with van der Waals surface area (Å²) in [5, 5.41) is 14.6. The summed E-state index contributed by atoms with van der Waals surface area (Å²) < 4.78 is 43.1. The second-order valence-corrected chi connectivity index (χ2v) is 10.8. The van der Waals surface area contributed by atoms with E-state index in [9.17, 15) is 13.6 Å². The van der Waals surface area contributed by atoms with Crippen LogP contribution in [0.4, 0.5) is 14.6 Å². The van der Waals surface area contributed by atoms with E-state index >= 15 is 0 Å². The summed E-state index contributed by atoms with van der Waals surface area (Å²) >= 11 is 0. The van der Waals surface area contributed by atoms with Crippen LogP contribution in [0, 0.1) is 0 Å². The zero-order valence-electron chi connectivity index (χ0n) is 23.0. The van der Waals surface area contributed by atoms with Crippen LogP contribution in [0.3, 0.4) is 0 Å². The molecule has 1 aliphatic rings. The molecule has 1 aliphatic heterocycles. The third kappa shape index (κ3) is 5.11. The SMILES string of the molecule is CC(C)n1cnnc1-c1cccc(NC(=O)c2cn(-c3cncc(B4OC(C)(C)C(C)(C)O4)c3)nc2C(F)F)n1. The minimum Gasteiger partial charge on any atom is -0.399 e. The Morgan fingerprint density at radius 1 is 1.10 bits per heavy atom. The van der Waals surface area contributed by atoms with E-state index in [4.69, 9.17) is 9.31 Å². The van der Waals surface area contributed by atoms with Gasteiger partial charge in [0.2, 0.25) is 0 Å². The number of hydrogen-bond donors (Lipinski definition) is 1. The van der Waals surface area contributed by atoms with Crippen LogP contribution >= 0.6 is 0 Å². The van der Waals surface area contributed by atoms with Crippen LogP contribution in [0.25, 0.3) is 17.2 Å². The molecule has 1 fully saturated rings. The van der Waals surface area contributed by atoms with Crippen molar-refractivity contribution in [2.24, 2.45) is 0 Å². The van der Waals surface area contributed by atoms with E-state index in [1.54, 1.807) is 36.8 Å². The summed E-state index contributed by atoms with van der Waals surface area (Å²) in [6.07, 6.45) is 2.86. The standard InChI is InChI=1S/C26H29BF2N8O3/c1-15(2)36-14-31-34-23(36)19-8-7-9-20(32-19)33-24(38)18-13-37(35-21(18)22(28)29)17-10-16(11-30-12-17)27-39-25(3,4)26(5,6)40-27/h7-15,22H,1-6H3,(H,32,33,38). The Labute approximate surface area is 230 Å². The predicted molar refractivity (Wildman–Crippen MR) is 144 cm³/mol. The van der Waals surface area contributed by atoms with Crippen LogP contribution in [0.1, 0.15) is 70.1 Å². The smallest absolute Gasteiger partial charge is 0.399 e.